The summed E-state index contributed by atoms with van der Waals surface area (Å²) >= 11 is 0. The number of carbonyl (C=O) groups excluding carboxylic acids is 4. The predicted molar refractivity (Wildman–Crippen MR) is 122 cm³/mol. The van der Waals surface area contributed by atoms with Crippen molar-refractivity contribution in [1.82, 2.24) is 0 Å². The average Bonchev–Trinajstić information content (AvgIpc) is 3.11. The first kappa shape index (κ1) is 24.4. The van der Waals surface area contributed by atoms with Gasteiger partial charge in [-0.15, -0.1) is 0 Å². The second-order valence-electron chi connectivity index (χ2n) is 11.8. The van der Waals surface area contributed by atoms with E-state index >= 15 is 0 Å². The highest BCUT2D eigenvalue weighted by atomic mass is 16.5. The van der Waals surface area contributed by atoms with Crippen LogP contribution in [0.4, 0.5) is 0 Å². The summed E-state index contributed by atoms with van der Waals surface area (Å²) in [5.41, 5.74) is -0.510. The van der Waals surface area contributed by atoms with Gasteiger partial charge in [0.2, 0.25) is 0 Å². The summed E-state index contributed by atoms with van der Waals surface area (Å²) in [5.74, 6) is 1.28. The fourth-order valence-electron chi connectivity index (χ4n) is 8.63. The predicted octanol–water partition coefficient (Wildman–Crippen LogP) is 4.52. The van der Waals surface area contributed by atoms with Gasteiger partial charge in [-0.05, 0) is 67.1 Å². The summed E-state index contributed by atoms with van der Waals surface area (Å²) in [6, 6.07) is 0. The number of ketones is 2. The Bertz CT molecular complexity index is 834. The van der Waals surface area contributed by atoms with Crippen LogP contribution in [-0.4, -0.2) is 36.7 Å². The van der Waals surface area contributed by atoms with E-state index in [4.69, 9.17) is 9.47 Å². The Morgan fingerprint density at radius 3 is 2.52 bits per heavy atom. The van der Waals surface area contributed by atoms with Crippen LogP contribution < -0.4 is 0 Å². The molecule has 9 atom stereocenters. The molecule has 6 nitrogen and oxygen atoms in total. The van der Waals surface area contributed by atoms with E-state index in [1.54, 1.807) is 0 Å². The fraction of sp³-hybridized carbons (Fsp3) is 0.852. The van der Waals surface area contributed by atoms with Crippen LogP contribution in [0.2, 0.25) is 0 Å². The Labute approximate surface area is 197 Å². The minimum Gasteiger partial charge on any atom is -0.469 e. The van der Waals surface area contributed by atoms with Crippen molar-refractivity contribution in [3.05, 3.63) is 0 Å². The van der Waals surface area contributed by atoms with Gasteiger partial charge in [-0.25, -0.2) is 0 Å². The van der Waals surface area contributed by atoms with E-state index in [9.17, 15) is 19.2 Å². The lowest BCUT2D eigenvalue weighted by molar-refractivity contribution is -0.190. The molecule has 0 spiro atoms. The van der Waals surface area contributed by atoms with Gasteiger partial charge in [0, 0.05) is 43.9 Å². The van der Waals surface area contributed by atoms with E-state index in [2.05, 4.69) is 20.8 Å². The number of fused-ring (bicyclic) bond motifs is 5. The summed E-state index contributed by atoms with van der Waals surface area (Å²) in [7, 11) is 1.41. The van der Waals surface area contributed by atoms with Crippen LogP contribution in [0.25, 0.3) is 0 Å². The molecular formula is C27H40O6. The van der Waals surface area contributed by atoms with E-state index in [-0.39, 0.29) is 59.0 Å². The first-order chi connectivity index (χ1) is 15.5. The summed E-state index contributed by atoms with van der Waals surface area (Å²) < 4.78 is 10.8. The third-order valence-corrected chi connectivity index (χ3v) is 10.4. The molecular weight excluding hydrogens is 420 g/mol. The van der Waals surface area contributed by atoms with Crippen molar-refractivity contribution < 1.29 is 28.7 Å². The van der Waals surface area contributed by atoms with Gasteiger partial charge < -0.3 is 9.47 Å². The lowest BCUT2D eigenvalue weighted by atomic mass is 9.43. The van der Waals surface area contributed by atoms with Crippen LogP contribution in [0.3, 0.4) is 0 Å². The van der Waals surface area contributed by atoms with Gasteiger partial charge >= 0.3 is 11.9 Å². The van der Waals surface area contributed by atoms with Gasteiger partial charge in [-0.1, -0.05) is 20.8 Å². The fourth-order valence-corrected chi connectivity index (χ4v) is 8.63. The molecule has 6 heteroatoms. The first-order valence-corrected chi connectivity index (χ1v) is 12.8. The van der Waals surface area contributed by atoms with Crippen LogP contribution in [0, 0.1) is 46.3 Å². The maximum absolute atomic E-state index is 13.9. The Morgan fingerprint density at radius 1 is 1.12 bits per heavy atom. The van der Waals surface area contributed by atoms with Crippen LogP contribution in [-0.2, 0) is 28.7 Å². The van der Waals surface area contributed by atoms with Crippen molar-refractivity contribution in [2.45, 2.75) is 91.6 Å². The van der Waals surface area contributed by atoms with Crippen molar-refractivity contribution in [2.75, 3.05) is 7.11 Å². The van der Waals surface area contributed by atoms with Crippen molar-refractivity contribution in [3.8, 4) is 0 Å². The van der Waals surface area contributed by atoms with E-state index < -0.39 is 5.41 Å². The number of carbonyl (C=O) groups is 4. The maximum Gasteiger partial charge on any atom is 0.305 e. The summed E-state index contributed by atoms with van der Waals surface area (Å²) in [6.07, 6.45) is 5.99. The van der Waals surface area contributed by atoms with Crippen LogP contribution in [0.1, 0.15) is 85.5 Å². The quantitative estimate of drug-likeness (QED) is 0.561. The highest BCUT2D eigenvalue weighted by molar-refractivity contribution is 5.87. The smallest absolute Gasteiger partial charge is 0.305 e. The van der Waals surface area contributed by atoms with Gasteiger partial charge in [-0.3, -0.25) is 19.2 Å². The second-order valence-corrected chi connectivity index (χ2v) is 11.8. The van der Waals surface area contributed by atoms with Crippen LogP contribution >= 0.6 is 0 Å². The number of Topliss-reactive ketones (excluding diaryl/α,β-unsaturated/α-hetero) is 2. The normalized spacial score (nSPS) is 43.2. The molecule has 0 aromatic heterocycles. The number of esters is 2. The summed E-state index contributed by atoms with van der Waals surface area (Å²) in [5, 5.41) is 0. The molecule has 0 radical (unpaired) electrons. The zero-order valence-corrected chi connectivity index (χ0v) is 20.9. The van der Waals surface area contributed by atoms with Crippen LogP contribution in [0.15, 0.2) is 0 Å². The summed E-state index contributed by atoms with van der Waals surface area (Å²) in [6.45, 7) is 8.06. The van der Waals surface area contributed by atoms with E-state index in [1.807, 2.05) is 0 Å². The third kappa shape index (κ3) is 3.95. The molecule has 4 rings (SSSR count). The highest BCUT2D eigenvalue weighted by Crippen LogP contribution is 2.67. The first-order valence-electron chi connectivity index (χ1n) is 12.8. The zero-order valence-electron chi connectivity index (χ0n) is 20.9. The largest absolute Gasteiger partial charge is 0.469 e. The van der Waals surface area contributed by atoms with Gasteiger partial charge in [0.25, 0.3) is 0 Å². The van der Waals surface area contributed by atoms with E-state index in [1.165, 1.54) is 14.0 Å². The van der Waals surface area contributed by atoms with E-state index in [0.717, 1.165) is 32.1 Å². The molecule has 4 saturated carbocycles. The molecule has 0 unspecified atom stereocenters. The lowest BCUT2D eigenvalue weighted by Gasteiger charge is -2.61. The summed E-state index contributed by atoms with van der Waals surface area (Å²) in [4.78, 5) is 50.0. The van der Waals surface area contributed by atoms with Crippen LogP contribution in [0.5, 0.6) is 0 Å². The topological polar surface area (TPSA) is 86.7 Å². The molecule has 0 N–H and O–H groups in total. The highest BCUT2D eigenvalue weighted by Gasteiger charge is 2.66. The minimum atomic E-state index is -0.456. The molecule has 0 bridgehead atoms. The Kier molecular flexibility index (Phi) is 6.52. The molecule has 184 valence electrons. The molecule has 0 heterocycles. The molecule has 0 aromatic rings. The van der Waals surface area contributed by atoms with Crippen molar-refractivity contribution in [2.24, 2.45) is 46.3 Å². The van der Waals surface area contributed by atoms with Crippen molar-refractivity contribution >= 4 is 23.5 Å². The SMILES string of the molecule is COC(=O)CC[C@@H](C)[C@H]1CC[C@H]2[C@@H]3[C@H](OC(C)=O)C[C@@H]4CC(=O)CC[C@]4(C)[C@H]3CC(=O)[C@]12C. The second kappa shape index (κ2) is 8.81. The third-order valence-electron chi connectivity index (χ3n) is 10.4. The zero-order chi connectivity index (χ0) is 24.1. The van der Waals surface area contributed by atoms with Crippen molar-refractivity contribution in [3.63, 3.8) is 0 Å². The lowest BCUT2D eigenvalue weighted by Crippen LogP contribution is -2.61. The average molecular weight is 461 g/mol. The molecule has 4 fully saturated rings. The number of rotatable bonds is 5. The Morgan fingerprint density at radius 2 is 1.85 bits per heavy atom. The molecule has 0 aromatic carbocycles. The van der Waals surface area contributed by atoms with Gasteiger partial charge in [0.05, 0.1) is 7.11 Å². The number of hydrogen-bond donors (Lipinski definition) is 0. The van der Waals surface area contributed by atoms with Crippen molar-refractivity contribution in [1.29, 1.82) is 0 Å². The Hall–Kier alpha value is -1.72. The molecule has 33 heavy (non-hydrogen) atoms. The number of ether oxygens (including phenoxy) is 2. The molecule has 4 aliphatic carbocycles. The standard InChI is InChI=1S/C27H40O6/c1-15(6-9-24(31)32-5)19-7-8-20-25-21(14-23(30)27(19,20)4)26(3)11-10-18(29)12-17(26)13-22(25)33-16(2)28/h15,17,19-22,25H,6-14H2,1-5H3/t15-,17+,19-,20+,21+,22-,25+,26+,27-/m1/s1. The van der Waals surface area contributed by atoms with Gasteiger partial charge in [-0.2, -0.15) is 0 Å². The molecule has 0 saturated heterocycles. The number of methoxy groups -OCH3 is 1. The number of hydrogen-bond acceptors (Lipinski definition) is 6. The van der Waals surface area contributed by atoms with Gasteiger partial charge in [0.15, 0.2) is 0 Å². The monoisotopic (exact) mass is 460 g/mol. The van der Waals surface area contributed by atoms with E-state index in [0.29, 0.717) is 37.2 Å². The molecule has 0 amide bonds. The Balaban J connectivity index is 1.65. The maximum atomic E-state index is 13.9. The molecule has 0 aliphatic heterocycles. The molecule has 4 aliphatic rings. The van der Waals surface area contributed by atoms with Gasteiger partial charge in [0.1, 0.15) is 17.7 Å². The minimum absolute atomic E-state index is 0.0548.